The minimum absolute atomic E-state index is 0.166. The first-order chi connectivity index (χ1) is 10.7. The van der Waals surface area contributed by atoms with Crippen LogP contribution in [0, 0.1) is 0 Å². The van der Waals surface area contributed by atoms with Gasteiger partial charge in [0.15, 0.2) is 0 Å². The van der Waals surface area contributed by atoms with Crippen molar-refractivity contribution in [3.63, 3.8) is 0 Å². The van der Waals surface area contributed by atoms with Crippen molar-refractivity contribution >= 4 is 17.5 Å². The van der Waals surface area contributed by atoms with Crippen molar-refractivity contribution in [3.8, 4) is 0 Å². The summed E-state index contributed by atoms with van der Waals surface area (Å²) in [5, 5.41) is 6.47. The second-order valence-electron chi connectivity index (χ2n) is 4.50. The Labute approximate surface area is 128 Å². The van der Waals surface area contributed by atoms with Gasteiger partial charge >= 0.3 is 0 Å². The van der Waals surface area contributed by atoms with Crippen molar-refractivity contribution in [2.45, 2.75) is 6.92 Å². The average Bonchev–Trinajstić information content (AvgIpc) is 2.59. The van der Waals surface area contributed by atoms with Crippen LogP contribution in [0.1, 0.15) is 23.0 Å². The van der Waals surface area contributed by atoms with Gasteiger partial charge in [0.2, 0.25) is 0 Å². The summed E-state index contributed by atoms with van der Waals surface area (Å²) in [4.78, 5) is 27.3. The monoisotopic (exact) mass is 296 g/mol. The number of benzene rings is 1. The number of nitrogens with zero attached hydrogens (tertiary/aromatic N) is 2. The zero-order valence-corrected chi connectivity index (χ0v) is 12.1. The summed E-state index contributed by atoms with van der Waals surface area (Å²) in [6, 6.07) is 14.5. The molecule has 0 aliphatic rings. The van der Waals surface area contributed by atoms with E-state index in [1.165, 1.54) is 6.20 Å². The van der Waals surface area contributed by atoms with Crippen LogP contribution in [-0.2, 0) is 4.79 Å². The van der Waals surface area contributed by atoms with Crippen LogP contribution in [0.25, 0.3) is 0 Å². The summed E-state index contributed by atoms with van der Waals surface area (Å²) in [6.07, 6.45) is 1.52. The van der Waals surface area contributed by atoms with E-state index in [0.717, 1.165) is 5.56 Å². The van der Waals surface area contributed by atoms with Crippen LogP contribution in [0.5, 0.6) is 0 Å². The predicted molar refractivity (Wildman–Crippen MR) is 83.4 cm³/mol. The van der Waals surface area contributed by atoms with Gasteiger partial charge in [-0.25, -0.2) is 5.43 Å². The van der Waals surface area contributed by atoms with E-state index in [4.69, 9.17) is 0 Å². The third-order valence-corrected chi connectivity index (χ3v) is 2.85. The molecule has 0 saturated heterocycles. The fourth-order valence-electron chi connectivity index (χ4n) is 1.68. The number of aromatic nitrogens is 1. The summed E-state index contributed by atoms with van der Waals surface area (Å²) >= 11 is 0. The first-order valence-corrected chi connectivity index (χ1v) is 6.74. The molecule has 6 heteroatoms. The summed E-state index contributed by atoms with van der Waals surface area (Å²) in [5.74, 6) is -0.806. The van der Waals surface area contributed by atoms with Gasteiger partial charge in [-0.3, -0.25) is 14.6 Å². The topological polar surface area (TPSA) is 83.5 Å². The van der Waals surface area contributed by atoms with Crippen molar-refractivity contribution in [1.29, 1.82) is 0 Å². The highest BCUT2D eigenvalue weighted by Gasteiger charge is 2.08. The molecule has 2 amide bonds. The van der Waals surface area contributed by atoms with Crippen molar-refractivity contribution < 1.29 is 9.59 Å². The predicted octanol–water partition coefficient (Wildman–Crippen LogP) is 1.35. The van der Waals surface area contributed by atoms with Gasteiger partial charge in [-0.05, 0) is 24.6 Å². The van der Waals surface area contributed by atoms with E-state index in [2.05, 4.69) is 20.8 Å². The molecule has 0 fully saturated rings. The van der Waals surface area contributed by atoms with Gasteiger partial charge in [0.05, 0.1) is 12.3 Å². The first-order valence-electron chi connectivity index (χ1n) is 6.74. The number of carbonyl (C=O) groups excluding carboxylic acids is 2. The molecule has 0 spiro atoms. The lowest BCUT2D eigenvalue weighted by atomic mass is 10.1. The lowest BCUT2D eigenvalue weighted by molar-refractivity contribution is -0.120. The maximum Gasteiger partial charge on any atom is 0.270 e. The highest BCUT2D eigenvalue weighted by molar-refractivity contribution is 5.99. The van der Waals surface area contributed by atoms with Gasteiger partial charge in [0.1, 0.15) is 5.69 Å². The Balaban J connectivity index is 1.82. The number of amides is 2. The molecule has 22 heavy (non-hydrogen) atoms. The van der Waals surface area contributed by atoms with E-state index in [9.17, 15) is 9.59 Å². The van der Waals surface area contributed by atoms with E-state index >= 15 is 0 Å². The molecule has 2 aromatic rings. The van der Waals surface area contributed by atoms with Crippen molar-refractivity contribution in [1.82, 2.24) is 15.7 Å². The zero-order valence-electron chi connectivity index (χ0n) is 12.1. The number of hydrogen-bond donors (Lipinski definition) is 2. The molecular formula is C16H16N4O2. The quantitative estimate of drug-likeness (QED) is 0.645. The molecule has 1 aromatic heterocycles. The van der Waals surface area contributed by atoms with Gasteiger partial charge in [0, 0.05) is 6.20 Å². The van der Waals surface area contributed by atoms with Crippen LogP contribution < -0.4 is 10.7 Å². The third-order valence-electron chi connectivity index (χ3n) is 2.85. The molecule has 1 aromatic carbocycles. The van der Waals surface area contributed by atoms with Crippen LogP contribution in [0.2, 0.25) is 0 Å². The van der Waals surface area contributed by atoms with Crippen molar-refractivity contribution in [3.05, 3.63) is 66.0 Å². The molecule has 2 rings (SSSR count). The van der Waals surface area contributed by atoms with Gasteiger partial charge in [0.25, 0.3) is 11.8 Å². The van der Waals surface area contributed by atoms with Gasteiger partial charge in [-0.1, -0.05) is 36.4 Å². The summed E-state index contributed by atoms with van der Waals surface area (Å²) in [7, 11) is 0. The number of hydrazone groups is 1. The summed E-state index contributed by atoms with van der Waals surface area (Å²) in [5.41, 5.74) is 4.27. The molecule has 0 saturated carbocycles. The SMILES string of the molecule is C/C(=N\NC(=O)CNC(=O)c1ccccn1)c1ccccc1. The highest BCUT2D eigenvalue weighted by atomic mass is 16.2. The van der Waals surface area contributed by atoms with E-state index in [1.807, 2.05) is 30.3 Å². The molecule has 0 atom stereocenters. The number of carbonyl (C=O) groups is 2. The standard InChI is InChI=1S/C16H16N4O2/c1-12(13-7-3-2-4-8-13)19-20-15(21)11-18-16(22)14-9-5-6-10-17-14/h2-10H,11H2,1H3,(H,18,22)(H,20,21)/b19-12+. The Hall–Kier alpha value is -3.02. The van der Waals surface area contributed by atoms with Gasteiger partial charge < -0.3 is 5.32 Å². The Bertz CT molecular complexity index is 669. The minimum Gasteiger partial charge on any atom is -0.342 e. The molecule has 1 heterocycles. The van der Waals surface area contributed by atoms with Crippen LogP contribution in [-0.4, -0.2) is 29.1 Å². The van der Waals surface area contributed by atoms with Gasteiger partial charge in [-0.15, -0.1) is 0 Å². The van der Waals surface area contributed by atoms with Crippen LogP contribution >= 0.6 is 0 Å². The summed E-state index contributed by atoms with van der Waals surface area (Å²) in [6.45, 7) is 1.63. The van der Waals surface area contributed by atoms with Crippen molar-refractivity contribution in [2.24, 2.45) is 5.10 Å². The Kier molecular flexibility index (Phi) is 5.37. The molecule has 2 N–H and O–H groups in total. The fourth-order valence-corrected chi connectivity index (χ4v) is 1.68. The van der Waals surface area contributed by atoms with Crippen molar-refractivity contribution in [2.75, 3.05) is 6.54 Å². The third kappa shape index (κ3) is 4.52. The maximum absolute atomic E-state index is 11.7. The second kappa shape index (κ2) is 7.68. The lowest BCUT2D eigenvalue weighted by Crippen LogP contribution is -2.35. The van der Waals surface area contributed by atoms with Crippen LogP contribution in [0.4, 0.5) is 0 Å². The second-order valence-corrected chi connectivity index (χ2v) is 4.50. The normalized spacial score (nSPS) is 10.9. The molecule has 0 radical (unpaired) electrons. The number of hydrogen-bond acceptors (Lipinski definition) is 4. The number of nitrogens with one attached hydrogen (secondary N) is 2. The molecular weight excluding hydrogens is 280 g/mol. The average molecular weight is 296 g/mol. The van der Waals surface area contributed by atoms with Gasteiger partial charge in [-0.2, -0.15) is 5.10 Å². The van der Waals surface area contributed by atoms with E-state index in [-0.39, 0.29) is 12.2 Å². The molecule has 112 valence electrons. The van der Waals surface area contributed by atoms with Crippen LogP contribution in [0.3, 0.4) is 0 Å². The lowest BCUT2D eigenvalue weighted by Gasteiger charge is -2.04. The Morgan fingerprint density at radius 2 is 1.82 bits per heavy atom. The number of pyridine rings is 1. The first kappa shape index (κ1) is 15.4. The molecule has 6 nitrogen and oxygen atoms in total. The molecule has 0 bridgehead atoms. The number of rotatable bonds is 5. The van der Waals surface area contributed by atoms with Crippen LogP contribution in [0.15, 0.2) is 59.8 Å². The van der Waals surface area contributed by atoms with E-state index < -0.39 is 11.8 Å². The fraction of sp³-hybridized carbons (Fsp3) is 0.125. The summed E-state index contributed by atoms with van der Waals surface area (Å²) < 4.78 is 0. The smallest absolute Gasteiger partial charge is 0.270 e. The zero-order chi connectivity index (χ0) is 15.8. The van der Waals surface area contributed by atoms with E-state index in [0.29, 0.717) is 5.71 Å². The highest BCUT2D eigenvalue weighted by Crippen LogP contribution is 1.99. The molecule has 0 aliphatic carbocycles. The Morgan fingerprint density at radius 3 is 2.50 bits per heavy atom. The largest absolute Gasteiger partial charge is 0.342 e. The maximum atomic E-state index is 11.7. The minimum atomic E-state index is -0.403. The molecule has 0 aliphatic heterocycles. The Morgan fingerprint density at radius 1 is 1.09 bits per heavy atom. The van der Waals surface area contributed by atoms with E-state index in [1.54, 1.807) is 25.1 Å². The molecule has 0 unspecified atom stereocenters.